The van der Waals surface area contributed by atoms with Crippen LogP contribution in [0.15, 0.2) is 5.16 Å². The van der Waals surface area contributed by atoms with Crippen molar-refractivity contribution in [1.82, 2.24) is 4.90 Å². The fraction of sp³-hybridized carbons (Fsp3) is 0.909. The molecule has 3 fully saturated rings. The zero-order valence-corrected chi connectivity index (χ0v) is 38.8. The van der Waals surface area contributed by atoms with Gasteiger partial charge < -0.3 is 68.3 Å². The number of terminal acetylenes is 1. The zero-order valence-electron chi connectivity index (χ0n) is 38.8. The highest BCUT2D eigenvalue weighted by Gasteiger charge is 2.53. The molecule has 3 saturated heterocycles. The Bertz CT molecular complexity index is 1430. The van der Waals surface area contributed by atoms with Gasteiger partial charge in [0.05, 0.1) is 66.6 Å². The number of ether oxygens (including phenoxy) is 8. The fourth-order valence-electron chi connectivity index (χ4n) is 9.26. The zero-order chi connectivity index (χ0) is 46.0. The third-order valence-corrected chi connectivity index (χ3v) is 13.1. The van der Waals surface area contributed by atoms with Crippen molar-refractivity contribution in [1.29, 1.82) is 0 Å². The molecule has 3 aliphatic rings. The van der Waals surface area contributed by atoms with Gasteiger partial charge >= 0.3 is 5.97 Å². The SMILES string of the molecule is C#CCCN(C)[C@H]1C[C@@H](C)OC(O[C@@H]2C(C)[C@H](OC3C[C@@](C)(OC)[C@@H](O)[C@H](C)O3)[C@@H](C)C(=O)O[C@H](CC)[C@@](C)(O)[C@H](O)[C@@H](C)/C(=N/OCOCCOC)[C@H](C)C[C@@]2(C)O)[C@@H]1O. The van der Waals surface area contributed by atoms with E-state index in [0.717, 1.165) is 0 Å². The van der Waals surface area contributed by atoms with E-state index in [2.05, 4.69) is 11.1 Å². The van der Waals surface area contributed by atoms with Gasteiger partial charge in [0, 0.05) is 57.4 Å². The Kier molecular flexibility index (Phi) is 20.3. The van der Waals surface area contributed by atoms with Crippen molar-refractivity contribution in [3.8, 4) is 12.3 Å². The van der Waals surface area contributed by atoms with Crippen LogP contribution >= 0.6 is 0 Å². The molecule has 17 nitrogen and oxygen atoms in total. The fourth-order valence-corrected chi connectivity index (χ4v) is 9.26. The molecule has 0 bridgehead atoms. The minimum Gasteiger partial charge on any atom is -0.459 e. The Balaban J connectivity index is 2.23. The molecule has 3 rings (SSSR count). The van der Waals surface area contributed by atoms with Crippen LogP contribution in [0.4, 0.5) is 0 Å². The molecule has 5 N–H and O–H groups in total. The van der Waals surface area contributed by atoms with Crippen LogP contribution < -0.4 is 0 Å². The number of carbonyl (C=O) groups is 1. The lowest BCUT2D eigenvalue weighted by molar-refractivity contribution is -0.318. The number of cyclic esters (lactones) is 1. The van der Waals surface area contributed by atoms with Crippen LogP contribution in [0.25, 0.3) is 0 Å². The van der Waals surface area contributed by atoms with Gasteiger partial charge in [-0.15, -0.1) is 12.3 Å². The lowest BCUT2D eigenvalue weighted by atomic mass is 9.73. The standard InChI is InChI=1S/C44H78N2O15/c1-15-17-18-46(12)31-21-26(4)57-41(35(31)47)61-39-28(6)36(60-33-23-43(10,54-14)38(49)30(8)58-33)29(7)40(50)59-32(16-2)44(11,52)37(48)27(5)34(25(3)22-42(39,9)51)45-56-24-55-20-19-53-13/h1,25-33,35-39,41,47-49,51-52H,16-24H2,2-14H3/b45-34+/t25-,26-,27+,28?,29-,30+,31+,32-,33?,35-,36+,37-,38+,39-,41?,42-,43-,44-/m1/s1. The van der Waals surface area contributed by atoms with E-state index in [9.17, 15) is 30.3 Å². The average molecular weight is 875 g/mol. The van der Waals surface area contributed by atoms with E-state index < -0.39 is 108 Å². The Morgan fingerprint density at radius 2 is 1.62 bits per heavy atom. The summed E-state index contributed by atoms with van der Waals surface area (Å²) in [6.07, 6.45) is -3.84. The molecule has 0 radical (unpaired) electrons. The molecule has 61 heavy (non-hydrogen) atoms. The summed E-state index contributed by atoms with van der Waals surface area (Å²) in [4.78, 5) is 22.0. The summed E-state index contributed by atoms with van der Waals surface area (Å²) in [7, 11) is 4.90. The predicted octanol–water partition coefficient (Wildman–Crippen LogP) is 2.60. The number of aliphatic hydroxyl groups is 5. The molecule has 354 valence electrons. The highest BCUT2D eigenvalue weighted by molar-refractivity contribution is 5.88. The van der Waals surface area contributed by atoms with Crippen LogP contribution in [-0.2, 0) is 47.5 Å². The maximum Gasteiger partial charge on any atom is 0.311 e. The largest absolute Gasteiger partial charge is 0.459 e. The van der Waals surface area contributed by atoms with Gasteiger partial charge in [-0.1, -0.05) is 32.9 Å². The van der Waals surface area contributed by atoms with Gasteiger partial charge in [-0.25, -0.2) is 0 Å². The van der Waals surface area contributed by atoms with E-state index in [1.807, 2.05) is 18.9 Å². The van der Waals surface area contributed by atoms with E-state index in [-0.39, 0.29) is 44.5 Å². The molecule has 0 aliphatic carbocycles. The average Bonchev–Trinajstić information content (AvgIpc) is 3.20. The topological polar surface area (TPSA) is 217 Å². The highest BCUT2D eigenvalue weighted by Crippen LogP contribution is 2.41. The number of nitrogens with zero attached hydrogens (tertiary/aromatic N) is 2. The van der Waals surface area contributed by atoms with E-state index in [4.69, 9.17) is 49.2 Å². The molecule has 3 unspecified atom stereocenters. The third kappa shape index (κ3) is 13.3. The van der Waals surface area contributed by atoms with E-state index >= 15 is 0 Å². The number of likely N-dealkylation sites (N-methyl/N-ethyl adjacent to an activating group) is 1. The van der Waals surface area contributed by atoms with Crippen molar-refractivity contribution < 1.29 is 73.1 Å². The Morgan fingerprint density at radius 1 is 0.951 bits per heavy atom. The predicted molar refractivity (Wildman–Crippen MR) is 225 cm³/mol. The van der Waals surface area contributed by atoms with Gasteiger partial charge in [0.1, 0.15) is 23.9 Å². The Morgan fingerprint density at radius 3 is 2.23 bits per heavy atom. The molecule has 3 heterocycles. The van der Waals surface area contributed by atoms with E-state index in [0.29, 0.717) is 26.0 Å². The first-order valence-electron chi connectivity index (χ1n) is 21.8. The summed E-state index contributed by atoms with van der Waals surface area (Å²) in [5, 5.41) is 64.0. The van der Waals surface area contributed by atoms with Crippen molar-refractivity contribution in [2.24, 2.45) is 28.8 Å². The molecular formula is C44H78N2O15. The van der Waals surface area contributed by atoms with Crippen molar-refractivity contribution in [3.63, 3.8) is 0 Å². The monoisotopic (exact) mass is 875 g/mol. The molecular weight excluding hydrogens is 796 g/mol. The minimum absolute atomic E-state index is 0.0501. The van der Waals surface area contributed by atoms with Crippen LogP contribution in [0.3, 0.4) is 0 Å². The number of hydrogen-bond donors (Lipinski definition) is 5. The van der Waals surface area contributed by atoms with Crippen molar-refractivity contribution >= 4 is 11.7 Å². The first-order chi connectivity index (χ1) is 28.5. The minimum atomic E-state index is -1.98. The number of methoxy groups -OCH3 is 2. The molecule has 0 aromatic carbocycles. The summed E-state index contributed by atoms with van der Waals surface area (Å²) in [5.74, 6) is -1.59. The van der Waals surface area contributed by atoms with Gasteiger partial charge in [-0.2, -0.15) is 0 Å². The Labute approximate surface area is 363 Å². The normalized spacial score (nSPS) is 44.0. The maximum atomic E-state index is 14.4. The lowest BCUT2D eigenvalue weighted by Crippen LogP contribution is -2.61. The highest BCUT2D eigenvalue weighted by atomic mass is 16.7. The molecule has 0 amide bonds. The molecule has 0 spiro atoms. The molecule has 3 aliphatic heterocycles. The van der Waals surface area contributed by atoms with Crippen LogP contribution in [-0.4, -0.2) is 174 Å². The van der Waals surface area contributed by atoms with Crippen LogP contribution in [0.1, 0.15) is 101 Å². The van der Waals surface area contributed by atoms with Crippen molar-refractivity contribution in [3.05, 3.63) is 0 Å². The van der Waals surface area contributed by atoms with Crippen LogP contribution in [0.2, 0.25) is 0 Å². The smallest absolute Gasteiger partial charge is 0.311 e. The second-order valence-corrected chi connectivity index (χ2v) is 18.2. The van der Waals surface area contributed by atoms with E-state index in [1.54, 1.807) is 62.5 Å². The van der Waals surface area contributed by atoms with Gasteiger partial charge in [0.25, 0.3) is 0 Å². The van der Waals surface area contributed by atoms with E-state index in [1.165, 1.54) is 14.0 Å². The first-order valence-corrected chi connectivity index (χ1v) is 21.8. The maximum absolute atomic E-state index is 14.4. The summed E-state index contributed by atoms with van der Waals surface area (Å²) in [6.45, 7) is 17.7. The quantitative estimate of drug-likeness (QED) is 0.0526. The molecule has 18 atom stereocenters. The summed E-state index contributed by atoms with van der Waals surface area (Å²) >= 11 is 0. The molecule has 0 aromatic rings. The number of esters is 1. The number of rotatable bonds is 15. The second-order valence-electron chi connectivity index (χ2n) is 18.2. The van der Waals surface area contributed by atoms with Gasteiger partial charge in [-0.05, 0) is 67.9 Å². The first kappa shape index (κ1) is 53.3. The lowest BCUT2D eigenvalue weighted by Gasteiger charge is -2.49. The van der Waals surface area contributed by atoms with Crippen molar-refractivity contribution in [2.75, 3.05) is 47.8 Å². The molecule has 17 heteroatoms. The van der Waals surface area contributed by atoms with Crippen molar-refractivity contribution in [2.45, 2.75) is 186 Å². The van der Waals surface area contributed by atoms with Crippen LogP contribution in [0.5, 0.6) is 0 Å². The second kappa shape index (κ2) is 23.3. The van der Waals surface area contributed by atoms with Gasteiger partial charge in [0.2, 0.25) is 6.79 Å². The number of oxime groups is 1. The number of aliphatic hydroxyl groups excluding tert-OH is 3. The molecule has 0 aromatic heterocycles. The van der Waals surface area contributed by atoms with Gasteiger partial charge in [-0.3, -0.25) is 9.69 Å². The number of carbonyl (C=O) groups excluding carboxylic acids is 1. The Hall–Kier alpha value is -2.02. The summed E-state index contributed by atoms with van der Waals surface area (Å²) < 4.78 is 48.4. The third-order valence-electron chi connectivity index (χ3n) is 13.1. The number of hydrogen-bond acceptors (Lipinski definition) is 17. The van der Waals surface area contributed by atoms with Crippen LogP contribution in [0, 0.1) is 36.0 Å². The summed E-state index contributed by atoms with van der Waals surface area (Å²) in [6, 6.07) is -0.404. The molecule has 0 saturated carbocycles. The van der Waals surface area contributed by atoms with Gasteiger partial charge in [0.15, 0.2) is 12.6 Å². The summed E-state index contributed by atoms with van der Waals surface area (Å²) in [5.41, 5.74) is -4.56.